The van der Waals surface area contributed by atoms with E-state index in [1.165, 1.54) is 4.88 Å². The van der Waals surface area contributed by atoms with Gasteiger partial charge in [-0.05, 0) is 24.3 Å². The number of carbonyl (C=O) groups excluding carboxylic acids is 1. The third-order valence-corrected chi connectivity index (χ3v) is 3.64. The third kappa shape index (κ3) is 5.33. The molecule has 17 heavy (non-hydrogen) atoms. The first-order valence-electron chi connectivity index (χ1n) is 6.31. The zero-order valence-corrected chi connectivity index (χ0v) is 11.5. The fourth-order valence-corrected chi connectivity index (χ4v) is 2.50. The maximum absolute atomic E-state index is 11.5. The molecule has 0 bridgehead atoms. The van der Waals surface area contributed by atoms with Crippen molar-refractivity contribution < 1.29 is 4.79 Å². The van der Waals surface area contributed by atoms with E-state index in [1.54, 1.807) is 11.3 Å². The van der Waals surface area contributed by atoms with E-state index in [2.05, 4.69) is 35.9 Å². The van der Waals surface area contributed by atoms with Gasteiger partial charge in [-0.1, -0.05) is 26.3 Å². The molecule has 0 saturated heterocycles. The molecule has 0 aliphatic heterocycles. The second kappa shape index (κ2) is 8.25. The van der Waals surface area contributed by atoms with Crippen molar-refractivity contribution in [3.8, 4) is 0 Å². The van der Waals surface area contributed by atoms with Gasteiger partial charge < -0.3 is 10.6 Å². The van der Waals surface area contributed by atoms with Crippen molar-refractivity contribution in [2.75, 3.05) is 13.1 Å². The van der Waals surface area contributed by atoms with Crippen LogP contribution >= 0.6 is 11.3 Å². The van der Waals surface area contributed by atoms with Gasteiger partial charge in [0.15, 0.2) is 0 Å². The average Bonchev–Trinajstić information content (AvgIpc) is 2.84. The monoisotopic (exact) mass is 254 g/mol. The van der Waals surface area contributed by atoms with Crippen LogP contribution in [0.25, 0.3) is 0 Å². The van der Waals surface area contributed by atoms with Crippen molar-refractivity contribution >= 4 is 17.2 Å². The summed E-state index contributed by atoms with van der Waals surface area (Å²) in [6.45, 7) is 5.44. The van der Waals surface area contributed by atoms with E-state index in [9.17, 15) is 4.79 Å². The Morgan fingerprint density at radius 2 is 2.29 bits per heavy atom. The zero-order valence-electron chi connectivity index (χ0n) is 10.7. The maximum Gasteiger partial charge on any atom is 0.233 e. The van der Waals surface area contributed by atoms with Gasteiger partial charge in [-0.3, -0.25) is 4.79 Å². The van der Waals surface area contributed by atoms with Gasteiger partial charge in [-0.15, -0.1) is 11.3 Å². The molecule has 0 aliphatic rings. The fraction of sp³-hybridized carbons (Fsp3) is 0.615. The molecule has 0 fully saturated rings. The molecular formula is C13H22N2OS. The van der Waals surface area contributed by atoms with Gasteiger partial charge >= 0.3 is 0 Å². The van der Waals surface area contributed by atoms with Crippen molar-refractivity contribution in [3.63, 3.8) is 0 Å². The van der Waals surface area contributed by atoms with Crippen LogP contribution < -0.4 is 10.6 Å². The number of thiophene rings is 1. The number of rotatable bonds is 8. The van der Waals surface area contributed by atoms with Crippen LogP contribution in [0.3, 0.4) is 0 Å². The van der Waals surface area contributed by atoms with Gasteiger partial charge in [0, 0.05) is 17.5 Å². The summed E-state index contributed by atoms with van der Waals surface area (Å²) >= 11 is 1.73. The molecule has 96 valence electrons. The lowest BCUT2D eigenvalue weighted by molar-refractivity contribution is -0.120. The molecule has 1 amide bonds. The molecule has 0 aromatic carbocycles. The minimum atomic E-state index is 0.0912. The van der Waals surface area contributed by atoms with Crippen LogP contribution in [0, 0.1) is 0 Å². The summed E-state index contributed by atoms with van der Waals surface area (Å²) in [6, 6.07) is 4.46. The van der Waals surface area contributed by atoms with E-state index in [0.29, 0.717) is 12.6 Å². The van der Waals surface area contributed by atoms with E-state index < -0.39 is 0 Å². The molecule has 1 heterocycles. The van der Waals surface area contributed by atoms with Crippen LogP contribution in [0.4, 0.5) is 0 Å². The Labute approximate surface area is 108 Å². The Morgan fingerprint density at radius 3 is 2.88 bits per heavy atom. The molecule has 1 rings (SSSR count). The number of hydrogen-bond donors (Lipinski definition) is 2. The summed E-state index contributed by atoms with van der Waals surface area (Å²) in [5.74, 6) is 0.0912. The highest BCUT2D eigenvalue weighted by molar-refractivity contribution is 7.10. The minimum Gasteiger partial charge on any atom is -0.355 e. The Morgan fingerprint density at radius 1 is 1.47 bits per heavy atom. The van der Waals surface area contributed by atoms with Crippen LogP contribution in [-0.2, 0) is 4.79 Å². The Hall–Kier alpha value is -0.870. The molecule has 0 spiro atoms. The molecule has 4 heteroatoms. The highest BCUT2D eigenvalue weighted by atomic mass is 32.1. The third-order valence-electron chi connectivity index (χ3n) is 2.66. The Balaban J connectivity index is 2.26. The molecule has 0 radical (unpaired) electrons. The molecule has 1 unspecified atom stereocenters. The molecule has 1 aromatic heterocycles. The number of carbonyl (C=O) groups is 1. The molecule has 1 atom stereocenters. The van der Waals surface area contributed by atoms with Gasteiger partial charge in [0.05, 0.1) is 6.54 Å². The van der Waals surface area contributed by atoms with Crippen LogP contribution in [0.2, 0.25) is 0 Å². The van der Waals surface area contributed by atoms with Crippen molar-refractivity contribution in [1.29, 1.82) is 0 Å². The largest absolute Gasteiger partial charge is 0.355 e. The van der Waals surface area contributed by atoms with Gasteiger partial charge in [-0.25, -0.2) is 0 Å². The summed E-state index contributed by atoms with van der Waals surface area (Å²) in [7, 11) is 0. The molecule has 0 saturated carbocycles. The predicted molar refractivity (Wildman–Crippen MR) is 73.3 cm³/mol. The molecule has 3 nitrogen and oxygen atoms in total. The summed E-state index contributed by atoms with van der Waals surface area (Å²) in [5.41, 5.74) is 0. The molecule has 2 N–H and O–H groups in total. The van der Waals surface area contributed by atoms with E-state index in [1.807, 2.05) is 6.07 Å². The standard InChI is InChI=1S/C13H22N2OS/c1-3-5-8-14-13(16)10-15-11(4-2)12-7-6-9-17-12/h6-7,9,11,15H,3-5,8,10H2,1-2H3,(H,14,16). The van der Waals surface area contributed by atoms with Gasteiger partial charge in [0.1, 0.15) is 0 Å². The van der Waals surface area contributed by atoms with Crippen molar-refractivity contribution in [3.05, 3.63) is 22.4 Å². The first-order chi connectivity index (χ1) is 8.27. The van der Waals surface area contributed by atoms with Gasteiger partial charge in [0.2, 0.25) is 5.91 Å². The average molecular weight is 254 g/mol. The van der Waals surface area contributed by atoms with Crippen LogP contribution in [0.15, 0.2) is 17.5 Å². The lowest BCUT2D eigenvalue weighted by Gasteiger charge is -2.15. The van der Waals surface area contributed by atoms with Gasteiger partial charge in [-0.2, -0.15) is 0 Å². The normalized spacial score (nSPS) is 12.4. The van der Waals surface area contributed by atoms with Crippen molar-refractivity contribution in [2.24, 2.45) is 0 Å². The number of hydrogen-bond acceptors (Lipinski definition) is 3. The predicted octanol–water partition coefficient (Wildman–Crippen LogP) is 2.71. The fourth-order valence-electron chi connectivity index (χ4n) is 1.62. The summed E-state index contributed by atoms with van der Waals surface area (Å²) < 4.78 is 0. The second-order valence-electron chi connectivity index (χ2n) is 4.06. The SMILES string of the molecule is CCCCNC(=O)CNC(CC)c1cccs1. The first kappa shape index (κ1) is 14.2. The lowest BCUT2D eigenvalue weighted by atomic mass is 10.2. The van der Waals surface area contributed by atoms with E-state index in [4.69, 9.17) is 0 Å². The summed E-state index contributed by atoms with van der Waals surface area (Å²) in [6.07, 6.45) is 3.16. The lowest BCUT2D eigenvalue weighted by Crippen LogP contribution is -2.35. The second-order valence-corrected chi connectivity index (χ2v) is 5.04. The van der Waals surface area contributed by atoms with Crippen LogP contribution in [0.5, 0.6) is 0 Å². The molecule has 0 aliphatic carbocycles. The summed E-state index contributed by atoms with van der Waals surface area (Å²) in [5, 5.41) is 8.28. The highest BCUT2D eigenvalue weighted by Gasteiger charge is 2.10. The number of nitrogens with one attached hydrogen (secondary N) is 2. The number of unbranched alkanes of at least 4 members (excludes halogenated alkanes) is 1. The maximum atomic E-state index is 11.5. The van der Waals surface area contributed by atoms with E-state index >= 15 is 0 Å². The smallest absolute Gasteiger partial charge is 0.233 e. The van der Waals surface area contributed by atoms with Gasteiger partial charge in [0.25, 0.3) is 0 Å². The first-order valence-corrected chi connectivity index (χ1v) is 7.19. The molecular weight excluding hydrogens is 232 g/mol. The summed E-state index contributed by atoms with van der Waals surface area (Å²) in [4.78, 5) is 12.8. The van der Waals surface area contributed by atoms with Crippen molar-refractivity contribution in [2.45, 2.75) is 39.2 Å². The number of amides is 1. The zero-order chi connectivity index (χ0) is 12.5. The Kier molecular flexibility index (Phi) is 6.89. The quantitative estimate of drug-likeness (QED) is 0.700. The Bertz CT molecular complexity index is 311. The van der Waals surface area contributed by atoms with Crippen LogP contribution in [0.1, 0.15) is 44.0 Å². The topological polar surface area (TPSA) is 41.1 Å². The van der Waals surface area contributed by atoms with Crippen molar-refractivity contribution in [1.82, 2.24) is 10.6 Å². The van der Waals surface area contributed by atoms with E-state index in [0.717, 1.165) is 25.8 Å². The minimum absolute atomic E-state index is 0.0912. The molecule has 1 aromatic rings. The van der Waals surface area contributed by atoms with Crippen LogP contribution in [-0.4, -0.2) is 19.0 Å². The highest BCUT2D eigenvalue weighted by Crippen LogP contribution is 2.21. The van der Waals surface area contributed by atoms with E-state index in [-0.39, 0.29) is 5.91 Å².